The number of carbonyl (C=O) groups is 1. The third-order valence-corrected chi connectivity index (χ3v) is 3.30. The second-order valence-corrected chi connectivity index (χ2v) is 5.97. The van der Waals surface area contributed by atoms with Crippen LogP contribution in [0.5, 0.6) is 0 Å². The van der Waals surface area contributed by atoms with Crippen LogP contribution >= 0.6 is 0 Å². The normalized spacial score (nSPS) is 11.0. The Bertz CT molecular complexity index is 627. The number of hydrogen-bond donors (Lipinski definition) is 3. The molecule has 0 aliphatic carbocycles. The van der Waals surface area contributed by atoms with E-state index in [1.165, 1.54) is 0 Å². The van der Waals surface area contributed by atoms with E-state index < -0.39 is 0 Å². The average molecular weight is 283 g/mol. The SMILES string of the molecule is CC(C)(C)c1ccccc1NC(=O)c1ccc(NN)cc1. The molecule has 4 heteroatoms. The molecule has 2 rings (SSSR count). The van der Waals surface area contributed by atoms with Crippen LogP contribution in [0.25, 0.3) is 0 Å². The van der Waals surface area contributed by atoms with Gasteiger partial charge in [-0.05, 0) is 41.3 Å². The van der Waals surface area contributed by atoms with E-state index in [0.29, 0.717) is 5.56 Å². The molecule has 0 saturated heterocycles. The predicted molar refractivity (Wildman–Crippen MR) is 87.3 cm³/mol. The fourth-order valence-corrected chi connectivity index (χ4v) is 2.16. The van der Waals surface area contributed by atoms with Crippen LogP contribution in [-0.4, -0.2) is 5.91 Å². The minimum atomic E-state index is -0.129. The fourth-order valence-electron chi connectivity index (χ4n) is 2.16. The molecule has 1 amide bonds. The van der Waals surface area contributed by atoms with Gasteiger partial charge in [0.1, 0.15) is 0 Å². The monoisotopic (exact) mass is 283 g/mol. The highest BCUT2D eigenvalue weighted by atomic mass is 16.1. The zero-order chi connectivity index (χ0) is 15.5. The van der Waals surface area contributed by atoms with Crippen LogP contribution in [0.3, 0.4) is 0 Å². The molecule has 2 aromatic rings. The van der Waals surface area contributed by atoms with Gasteiger partial charge in [0.15, 0.2) is 0 Å². The minimum absolute atomic E-state index is 0.0306. The van der Waals surface area contributed by atoms with Gasteiger partial charge in [0.05, 0.1) is 0 Å². The van der Waals surface area contributed by atoms with Crippen molar-refractivity contribution in [1.82, 2.24) is 0 Å². The van der Waals surface area contributed by atoms with Gasteiger partial charge in [0.25, 0.3) is 5.91 Å². The number of para-hydroxylation sites is 1. The van der Waals surface area contributed by atoms with Crippen molar-refractivity contribution >= 4 is 17.3 Å². The number of nitrogens with two attached hydrogens (primary N) is 1. The summed E-state index contributed by atoms with van der Waals surface area (Å²) < 4.78 is 0. The van der Waals surface area contributed by atoms with Crippen LogP contribution < -0.4 is 16.6 Å². The van der Waals surface area contributed by atoms with Gasteiger partial charge in [-0.15, -0.1) is 0 Å². The lowest BCUT2D eigenvalue weighted by Gasteiger charge is -2.23. The number of hydrazine groups is 1. The van der Waals surface area contributed by atoms with E-state index in [1.54, 1.807) is 24.3 Å². The predicted octanol–water partition coefficient (Wildman–Crippen LogP) is 3.52. The number of hydrogen-bond acceptors (Lipinski definition) is 3. The lowest BCUT2D eigenvalue weighted by Crippen LogP contribution is -2.18. The van der Waals surface area contributed by atoms with E-state index in [-0.39, 0.29) is 11.3 Å². The van der Waals surface area contributed by atoms with Crippen molar-refractivity contribution in [1.29, 1.82) is 0 Å². The van der Waals surface area contributed by atoms with Gasteiger partial charge in [-0.25, -0.2) is 0 Å². The Hall–Kier alpha value is -2.33. The third kappa shape index (κ3) is 3.61. The Kier molecular flexibility index (Phi) is 4.29. The Morgan fingerprint density at radius 3 is 2.19 bits per heavy atom. The summed E-state index contributed by atoms with van der Waals surface area (Å²) in [7, 11) is 0. The summed E-state index contributed by atoms with van der Waals surface area (Å²) in [5, 5.41) is 2.98. The molecule has 2 aromatic carbocycles. The van der Waals surface area contributed by atoms with Crippen molar-refractivity contribution in [2.75, 3.05) is 10.7 Å². The number of carbonyl (C=O) groups excluding carboxylic acids is 1. The summed E-state index contributed by atoms with van der Waals surface area (Å²) in [5.74, 6) is 5.19. The molecule has 110 valence electrons. The molecular formula is C17H21N3O. The van der Waals surface area contributed by atoms with E-state index in [4.69, 9.17) is 5.84 Å². The van der Waals surface area contributed by atoms with Crippen molar-refractivity contribution in [3.05, 3.63) is 59.7 Å². The van der Waals surface area contributed by atoms with Gasteiger partial charge in [0.2, 0.25) is 0 Å². The van der Waals surface area contributed by atoms with Gasteiger partial charge in [-0.1, -0.05) is 39.0 Å². The number of amides is 1. The molecule has 4 N–H and O–H groups in total. The third-order valence-electron chi connectivity index (χ3n) is 3.30. The first-order valence-electron chi connectivity index (χ1n) is 6.89. The van der Waals surface area contributed by atoms with E-state index in [0.717, 1.165) is 16.9 Å². The molecule has 0 aliphatic rings. The van der Waals surface area contributed by atoms with E-state index in [2.05, 4.69) is 31.5 Å². The molecule has 0 saturated carbocycles. The van der Waals surface area contributed by atoms with Crippen molar-refractivity contribution in [2.45, 2.75) is 26.2 Å². The summed E-state index contributed by atoms with van der Waals surface area (Å²) in [6, 6.07) is 14.9. The second kappa shape index (κ2) is 5.97. The molecule has 0 atom stereocenters. The van der Waals surface area contributed by atoms with E-state index >= 15 is 0 Å². The quantitative estimate of drug-likeness (QED) is 0.596. The summed E-state index contributed by atoms with van der Waals surface area (Å²) in [5.41, 5.74) is 5.82. The number of anilines is 2. The summed E-state index contributed by atoms with van der Waals surface area (Å²) >= 11 is 0. The Balaban J connectivity index is 2.23. The summed E-state index contributed by atoms with van der Waals surface area (Å²) in [6.45, 7) is 6.37. The summed E-state index contributed by atoms with van der Waals surface area (Å²) in [4.78, 5) is 12.3. The van der Waals surface area contributed by atoms with Gasteiger partial charge >= 0.3 is 0 Å². The molecule has 0 radical (unpaired) electrons. The van der Waals surface area contributed by atoms with Crippen LogP contribution in [0.15, 0.2) is 48.5 Å². The van der Waals surface area contributed by atoms with Gasteiger partial charge in [-0.3, -0.25) is 10.6 Å². The maximum Gasteiger partial charge on any atom is 0.255 e. The smallest absolute Gasteiger partial charge is 0.255 e. The highest BCUT2D eigenvalue weighted by molar-refractivity contribution is 6.04. The standard InChI is InChI=1S/C17H21N3O/c1-17(2,3)14-6-4-5-7-15(14)19-16(21)12-8-10-13(20-18)11-9-12/h4-11,20H,18H2,1-3H3,(H,19,21). The van der Waals surface area contributed by atoms with Crippen molar-refractivity contribution in [2.24, 2.45) is 5.84 Å². The zero-order valence-electron chi connectivity index (χ0n) is 12.6. The number of benzene rings is 2. The summed E-state index contributed by atoms with van der Waals surface area (Å²) in [6.07, 6.45) is 0. The lowest BCUT2D eigenvalue weighted by atomic mass is 9.86. The zero-order valence-corrected chi connectivity index (χ0v) is 12.6. The average Bonchev–Trinajstić information content (AvgIpc) is 2.47. The van der Waals surface area contributed by atoms with Crippen molar-refractivity contribution in [3.63, 3.8) is 0 Å². The van der Waals surface area contributed by atoms with Gasteiger partial charge < -0.3 is 10.7 Å². The molecule has 0 bridgehead atoms. The first kappa shape index (κ1) is 15.1. The van der Waals surface area contributed by atoms with Crippen LogP contribution in [-0.2, 0) is 5.41 Å². The maximum atomic E-state index is 12.3. The first-order valence-corrected chi connectivity index (χ1v) is 6.89. The minimum Gasteiger partial charge on any atom is -0.324 e. The maximum absolute atomic E-state index is 12.3. The first-order chi connectivity index (χ1) is 9.91. The van der Waals surface area contributed by atoms with Gasteiger partial charge in [0, 0.05) is 16.9 Å². The molecule has 0 aromatic heterocycles. The molecule has 0 spiro atoms. The van der Waals surface area contributed by atoms with Crippen LogP contribution in [0.4, 0.5) is 11.4 Å². The number of nitrogens with one attached hydrogen (secondary N) is 2. The van der Waals surface area contributed by atoms with Gasteiger partial charge in [-0.2, -0.15) is 0 Å². The van der Waals surface area contributed by atoms with E-state index in [1.807, 2.05) is 24.3 Å². The lowest BCUT2D eigenvalue weighted by molar-refractivity contribution is 0.102. The second-order valence-electron chi connectivity index (χ2n) is 5.97. The highest BCUT2D eigenvalue weighted by Crippen LogP contribution is 2.29. The molecule has 0 fully saturated rings. The molecule has 0 aliphatic heterocycles. The molecule has 4 nitrogen and oxygen atoms in total. The molecule has 0 unspecified atom stereocenters. The van der Waals surface area contributed by atoms with Crippen LogP contribution in [0.1, 0.15) is 36.7 Å². The number of nitrogen functional groups attached to an aromatic ring is 1. The molecule has 0 heterocycles. The van der Waals surface area contributed by atoms with Crippen LogP contribution in [0, 0.1) is 0 Å². The number of rotatable bonds is 3. The Morgan fingerprint density at radius 2 is 1.62 bits per heavy atom. The van der Waals surface area contributed by atoms with Crippen molar-refractivity contribution < 1.29 is 4.79 Å². The highest BCUT2D eigenvalue weighted by Gasteiger charge is 2.18. The van der Waals surface area contributed by atoms with E-state index in [9.17, 15) is 4.79 Å². The Labute approximate surface area is 125 Å². The fraction of sp³-hybridized carbons (Fsp3) is 0.235. The largest absolute Gasteiger partial charge is 0.324 e. The molecule has 21 heavy (non-hydrogen) atoms. The van der Waals surface area contributed by atoms with Crippen molar-refractivity contribution in [3.8, 4) is 0 Å². The topological polar surface area (TPSA) is 67.2 Å². The Morgan fingerprint density at radius 1 is 1.00 bits per heavy atom. The van der Waals surface area contributed by atoms with Crippen LogP contribution in [0.2, 0.25) is 0 Å². The molecular weight excluding hydrogens is 262 g/mol.